The molecular formula is C19H16O. The fourth-order valence-corrected chi connectivity index (χ4v) is 2.24. The molecule has 1 heteroatoms. The second-order valence-electron chi connectivity index (χ2n) is 4.74. The summed E-state index contributed by atoms with van der Waals surface area (Å²) in [6.07, 6.45) is 0. The van der Waals surface area contributed by atoms with Gasteiger partial charge in [0.1, 0.15) is 12.4 Å². The minimum Gasteiger partial charge on any atom is -0.488 e. The summed E-state index contributed by atoms with van der Waals surface area (Å²) < 4.78 is 5.94. The Morgan fingerprint density at radius 1 is 0.800 bits per heavy atom. The Kier molecular flexibility index (Phi) is 3.51. The van der Waals surface area contributed by atoms with Crippen molar-refractivity contribution >= 4 is 16.3 Å². The highest BCUT2D eigenvalue weighted by Gasteiger charge is 2.03. The lowest BCUT2D eigenvalue weighted by Crippen LogP contribution is -2.00. The van der Waals surface area contributed by atoms with Crippen molar-refractivity contribution in [2.75, 3.05) is 6.61 Å². The number of benzene rings is 3. The summed E-state index contributed by atoms with van der Waals surface area (Å²) in [4.78, 5) is 0. The van der Waals surface area contributed by atoms with Gasteiger partial charge in [0.15, 0.2) is 0 Å². The van der Waals surface area contributed by atoms with E-state index in [4.69, 9.17) is 4.74 Å². The van der Waals surface area contributed by atoms with Crippen molar-refractivity contribution in [3.63, 3.8) is 0 Å². The lowest BCUT2D eigenvalue weighted by molar-refractivity contribution is 0.374. The number of rotatable bonds is 4. The first-order chi connectivity index (χ1) is 9.84. The van der Waals surface area contributed by atoms with E-state index in [0.717, 1.165) is 22.3 Å². The molecule has 0 spiro atoms. The molecule has 0 amide bonds. The molecule has 3 aromatic rings. The lowest BCUT2D eigenvalue weighted by Gasteiger charge is -2.11. The van der Waals surface area contributed by atoms with E-state index in [-0.39, 0.29) is 0 Å². The topological polar surface area (TPSA) is 9.23 Å². The van der Waals surface area contributed by atoms with Gasteiger partial charge >= 0.3 is 0 Å². The van der Waals surface area contributed by atoms with E-state index in [1.807, 2.05) is 42.5 Å². The summed E-state index contributed by atoms with van der Waals surface area (Å²) in [5.74, 6) is 0.903. The largest absolute Gasteiger partial charge is 0.488 e. The Bertz CT molecular complexity index is 724. The van der Waals surface area contributed by atoms with Gasteiger partial charge in [0, 0.05) is 5.39 Å². The third-order valence-electron chi connectivity index (χ3n) is 3.33. The molecule has 0 aliphatic heterocycles. The number of hydrogen-bond donors (Lipinski definition) is 0. The van der Waals surface area contributed by atoms with Crippen LogP contribution in [-0.2, 0) is 0 Å². The highest BCUT2D eigenvalue weighted by atomic mass is 16.5. The van der Waals surface area contributed by atoms with Gasteiger partial charge in [-0.25, -0.2) is 0 Å². The fourth-order valence-electron chi connectivity index (χ4n) is 2.24. The van der Waals surface area contributed by atoms with Crippen LogP contribution in [0, 0.1) is 0 Å². The summed E-state index contributed by atoms with van der Waals surface area (Å²) in [7, 11) is 0. The molecule has 20 heavy (non-hydrogen) atoms. The van der Waals surface area contributed by atoms with Gasteiger partial charge in [-0.1, -0.05) is 73.3 Å². The standard InChI is InChI=1S/C19H16O/c1-15(16-8-3-2-4-9-16)14-20-19-13-7-11-17-10-5-6-12-18(17)19/h2-13H,1,14H2. The van der Waals surface area contributed by atoms with Gasteiger partial charge < -0.3 is 4.74 Å². The van der Waals surface area contributed by atoms with Crippen molar-refractivity contribution < 1.29 is 4.74 Å². The average Bonchev–Trinajstić information content (AvgIpc) is 2.53. The number of ether oxygens (including phenoxy) is 1. The van der Waals surface area contributed by atoms with E-state index >= 15 is 0 Å². The van der Waals surface area contributed by atoms with Crippen LogP contribution in [0.15, 0.2) is 79.4 Å². The van der Waals surface area contributed by atoms with E-state index in [9.17, 15) is 0 Å². The van der Waals surface area contributed by atoms with Gasteiger partial charge in [0.2, 0.25) is 0 Å². The van der Waals surface area contributed by atoms with Gasteiger partial charge in [0.05, 0.1) is 0 Å². The zero-order chi connectivity index (χ0) is 13.8. The molecule has 0 aromatic heterocycles. The minimum atomic E-state index is 0.498. The highest BCUT2D eigenvalue weighted by Crippen LogP contribution is 2.26. The monoisotopic (exact) mass is 260 g/mol. The Morgan fingerprint density at radius 2 is 1.50 bits per heavy atom. The molecular weight excluding hydrogens is 244 g/mol. The van der Waals surface area contributed by atoms with Crippen molar-refractivity contribution in [2.45, 2.75) is 0 Å². The van der Waals surface area contributed by atoms with Crippen LogP contribution in [0.25, 0.3) is 16.3 Å². The normalized spacial score (nSPS) is 10.4. The van der Waals surface area contributed by atoms with E-state index in [1.54, 1.807) is 0 Å². The van der Waals surface area contributed by atoms with Gasteiger partial charge in [-0.05, 0) is 22.6 Å². The number of hydrogen-bond acceptors (Lipinski definition) is 1. The summed E-state index contributed by atoms with van der Waals surface area (Å²) in [6.45, 7) is 4.59. The second-order valence-corrected chi connectivity index (χ2v) is 4.74. The van der Waals surface area contributed by atoms with Crippen molar-refractivity contribution in [3.05, 3.63) is 84.9 Å². The molecule has 0 aliphatic rings. The van der Waals surface area contributed by atoms with Crippen LogP contribution in [0.2, 0.25) is 0 Å². The van der Waals surface area contributed by atoms with E-state index in [2.05, 4.69) is 36.9 Å². The first-order valence-corrected chi connectivity index (χ1v) is 6.68. The van der Waals surface area contributed by atoms with Gasteiger partial charge in [-0.15, -0.1) is 0 Å². The fraction of sp³-hybridized carbons (Fsp3) is 0.0526. The minimum absolute atomic E-state index is 0.498. The molecule has 0 aliphatic carbocycles. The van der Waals surface area contributed by atoms with Gasteiger partial charge in [-0.2, -0.15) is 0 Å². The Morgan fingerprint density at radius 3 is 2.35 bits per heavy atom. The molecule has 0 saturated heterocycles. The smallest absolute Gasteiger partial charge is 0.127 e. The molecule has 0 bridgehead atoms. The summed E-state index contributed by atoms with van der Waals surface area (Å²) in [6, 6.07) is 24.5. The van der Waals surface area contributed by atoms with Gasteiger partial charge in [-0.3, -0.25) is 0 Å². The second kappa shape index (κ2) is 5.62. The van der Waals surface area contributed by atoms with Crippen LogP contribution in [0.5, 0.6) is 5.75 Å². The van der Waals surface area contributed by atoms with Crippen molar-refractivity contribution in [3.8, 4) is 5.75 Å². The van der Waals surface area contributed by atoms with Crippen LogP contribution in [0.1, 0.15) is 5.56 Å². The predicted molar refractivity (Wildman–Crippen MR) is 84.9 cm³/mol. The van der Waals surface area contributed by atoms with Crippen LogP contribution < -0.4 is 4.74 Å². The van der Waals surface area contributed by atoms with Crippen molar-refractivity contribution in [1.29, 1.82) is 0 Å². The van der Waals surface area contributed by atoms with Crippen molar-refractivity contribution in [2.24, 2.45) is 0 Å². The van der Waals surface area contributed by atoms with Crippen molar-refractivity contribution in [1.82, 2.24) is 0 Å². The maximum atomic E-state index is 5.94. The molecule has 0 fully saturated rings. The Labute approximate surface area is 119 Å². The SMILES string of the molecule is C=C(COc1cccc2ccccc12)c1ccccc1. The molecule has 1 nitrogen and oxygen atoms in total. The molecule has 3 rings (SSSR count). The molecule has 0 atom stereocenters. The molecule has 0 N–H and O–H groups in total. The molecule has 3 aromatic carbocycles. The van der Waals surface area contributed by atoms with Gasteiger partial charge in [0.25, 0.3) is 0 Å². The van der Waals surface area contributed by atoms with E-state index in [1.165, 1.54) is 5.39 Å². The first-order valence-electron chi connectivity index (χ1n) is 6.68. The van der Waals surface area contributed by atoms with E-state index < -0.39 is 0 Å². The molecule has 0 heterocycles. The summed E-state index contributed by atoms with van der Waals surface area (Å²) in [5, 5.41) is 2.33. The van der Waals surface area contributed by atoms with E-state index in [0.29, 0.717) is 6.61 Å². The zero-order valence-corrected chi connectivity index (χ0v) is 11.3. The predicted octanol–water partition coefficient (Wildman–Crippen LogP) is 4.93. The maximum Gasteiger partial charge on any atom is 0.127 e. The molecule has 98 valence electrons. The quantitative estimate of drug-likeness (QED) is 0.646. The highest BCUT2D eigenvalue weighted by molar-refractivity contribution is 5.88. The average molecular weight is 260 g/mol. The zero-order valence-electron chi connectivity index (χ0n) is 11.3. The Balaban J connectivity index is 1.79. The maximum absolute atomic E-state index is 5.94. The number of fused-ring (bicyclic) bond motifs is 1. The lowest BCUT2D eigenvalue weighted by atomic mass is 10.1. The molecule has 0 saturated carbocycles. The third-order valence-corrected chi connectivity index (χ3v) is 3.33. The Hall–Kier alpha value is -2.54. The molecule has 0 radical (unpaired) electrons. The summed E-state index contributed by atoms with van der Waals surface area (Å²) >= 11 is 0. The third kappa shape index (κ3) is 2.57. The molecule has 0 unspecified atom stereocenters. The first kappa shape index (κ1) is 12.5. The van der Waals surface area contributed by atoms with Crippen LogP contribution in [0.4, 0.5) is 0 Å². The van der Waals surface area contributed by atoms with Crippen LogP contribution in [0.3, 0.4) is 0 Å². The van der Waals surface area contributed by atoms with Crippen LogP contribution >= 0.6 is 0 Å². The summed E-state index contributed by atoms with van der Waals surface area (Å²) in [5.41, 5.74) is 2.10. The van der Waals surface area contributed by atoms with Crippen LogP contribution in [-0.4, -0.2) is 6.61 Å².